The van der Waals surface area contributed by atoms with Crippen LogP contribution in [0.5, 0.6) is 0 Å². The van der Waals surface area contributed by atoms with E-state index in [1.54, 1.807) is 0 Å². The topological polar surface area (TPSA) is 94.0 Å². The summed E-state index contributed by atoms with van der Waals surface area (Å²) in [6.07, 6.45) is 0.0368. The van der Waals surface area contributed by atoms with Crippen molar-refractivity contribution >= 4 is 11.6 Å². The highest BCUT2D eigenvalue weighted by Gasteiger charge is 2.35. The van der Waals surface area contributed by atoms with Gasteiger partial charge in [-0.25, -0.2) is 5.43 Å². The van der Waals surface area contributed by atoms with E-state index in [0.29, 0.717) is 0 Å². The average Bonchev–Trinajstić information content (AvgIpc) is 2.20. The van der Waals surface area contributed by atoms with Crippen LogP contribution in [0.2, 0.25) is 0 Å². The van der Waals surface area contributed by atoms with E-state index < -0.39 is 18.6 Å². The highest BCUT2D eigenvalue weighted by atomic mass is 16.3. The zero-order chi connectivity index (χ0) is 14.0. The van der Waals surface area contributed by atoms with E-state index in [-0.39, 0.29) is 11.1 Å². The predicted molar refractivity (Wildman–Crippen MR) is 69.2 cm³/mol. The second kappa shape index (κ2) is 5.34. The van der Waals surface area contributed by atoms with E-state index in [1.807, 2.05) is 0 Å². The number of aliphatic hydroxyl groups is 2. The number of hydrogen-bond acceptors (Lipinski definition) is 5. The first-order valence-corrected chi connectivity index (χ1v) is 6.09. The van der Waals surface area contributed by atoms with E-state index in [0.717, 1.165) is 18.6 Å². The van der Waals surface area contributed by atoms with Gasteiger partial charge in [0.15, 0.2) is 6.10 Å². The van der Waals surface area contributed by atoms with Crippen LogP contribution in [0.1, 0.15) is 40.5 Å². The van der Waals surface area contributed by atoms with Gasteiger partial charge in [0, 0.05) is 29.6 Å². The summed E-state index contributed by atoms with van der Waals surface area (Å²) in [7, 11) is 0. The third kappa shape index (κ3) is 4.36. The van der Waals surface area contributed by atoms with Crippen molar-refractivity contribution in [2.45, 2.75) is 57.7 Å². The van der Waals surface area contributed by atoms with Gasteiger partial charge in [-0.3, -0.25) is 4.79 Å². The van der Waals surface area contributed by atoms with Gasteiger partial charge >= 0.3 is 0 Å². The first kappa shape index (κ1) is 15.1. The summed E-state index contributed by atoms with van der Waals surface area (Å²) in [6, 6.07) is 0. The largest absolute Gasteiger partial charge is 0.393 e. The van der Waals surface area contributed by atoms with Crippen molar-refractivity contribution in [3.8, 4) is 0 Å². The number of amides is 1. The van der Waals surface area contributed by atoms with Crippen molar-refractivity contribution in [2.24, 2.45) is 5.10 Å². The van der Waals surface area contributed by atoms with E-state index >= 15 is 0 Å². The molecule has 0 saturated carbocycles. The van der Waals surface area contributed by atoms with Crippen molar-refractivity contribution in [3.05, 3.63) is 0 Å². The highest BCUT2D eigenvalue weighted by Crippen LogP contribution is 2.26. The molecule has 1 saturated heterocycles. The summed E-state index contributed by atoms with van der Waals surface area (Å²) in [5.74, 6) is -0.681. The zero-order valence-electron chi connectivity index (χ0n) is 11.4. The summed E-state index contributed by atoms with van der Waals surface area (Å²) >= 11 is 0. The Morgan fingerprint density at radius 2 is 1.89 bits per heavy atom. The molecule has 1 fully saturated rings. The lowest BCUT2D eigenvalue weighted by molar-refractivity contribution is -0.131. The van der Waals surface area contributed by atoms with Crippen LogP contribution in [0, 0.1) is 0 Å². The summed E-state index contributed by atoms with van der Waals surface area (Å²) in [4.78, 5) is 11.3. The highest BCUT2D eigenvalue weighted by molar-refractivity contribution is 5.89. The number of aliphatic hydroxyl groups excluding tert-OH is 2. The molecule has 6 heteroatoms. The van der Waals surface area contributed by atoms with Crippen molar-refractivity contribution < 1.29 is 15.0 Å². The first-order valence-electron chi connectivity index (χ1n) is 6.09. The van der Waals surface area contributed by atoms with E-state index in [1.165, 1.54) is 0 Å². The van der Waals surface area contributed by atoms with Gasteiger partial charge in [0.05, 0.1) is 6.61 Å². The Morgan fingerprint density at radius 1 is 1.39 bits per heavy atom. The second-order valence-electron chi connectivity index (χ2n) is 6.10. The molecule has 0 aromatic rings. The molecular formula is C12H23N3O3. The fourth-order valence-corrected chi connectivity index (χ4v) is 2.46. The molecule has 0 aromatic carbocycles. The Labute approximate surface area is 107 Å². The van der Waals surface area contributed by atoms with Crippen LogP contribution in [-0.4, -0.2) is 45.6 Å². The maximum Gasteiger partial charge on any atom is 0.271 e. The molecule has 1 rings (SSSR count). The number of hydrogen-bond donors (Lipinski definition) is 4. The van der Waals surface area contributed by atoms with E-state index in [4.69, 9.17) is 10.2 Å². The van der Waals surface area contributed by atoms with Crippen LogP contribution in [0.3, 0.4) is 0 Å². The van der Waals surface area contributed by atoms with E-state index in [2.05, 4.69) is 43.5 Å². The average molecular weight is 257 g/mol. The number of hydrazone groups is 1. The predicted octanol–water partition coefficient (Wildman–Crippen LogP) is -0.248. The minimum atomic E-state index is -1.42. The van der Waals surface area contributed by atoms with Crippen LogP contribution in [0.25, 0.3) is 0 Å². The van der Waals surface area contributed by atoms with Gasteiger partial charge in [0.1, 0.15) is 0 Å². The van der Waals surface area contributed by atoms with Gasteiger partial charge in [0.2, 0.25) is 0 Å². The van der Waals surface area contributed by atoms with Crippen molar-refractivity contribution in [3.63, 3.8) is 0 Å². The minimum absolute atomic E-state index is 0.0824. The summed E-state index contributed by atoms with van der Waals surface area (Å²) in [6.45, 7) is 7.71. The Balaban J connectivity index is 2.68. The van der Waals surface area contributed by atoms with Crippen molar-refractivity contribution in [1.29, 1.82) is 0 Å². The smallest absolute Gasteiger partial charge is 0.271 e. The molecule has 0 spiro atoms. The van der Waals surface area contributed by atoms with E-state index in [9.17, 15) is 4.79 Å². The molecule has 1 amide bonds. The fraction of sp³-hybridized carbons (Fsp3) is 0.833. The van der Waals surface area contributed by atoms with Gasteiger partial charge in [-0.1, -0.05) is 0 Å². The second-order valence-corrected chi connectivity index (χ2v) is 6.10. The molecule has 4 N–H and O–H groups in total. The molecule has 18 heavy (non-hydrogen) atoms. The fourth-order valence-electron chi connectivity index (χ4n) is 2.46. The maximum atomic E-state index is 11.3. The Morgan fingerprint density at radius 3 is 2.33 bits per heavy atom. The molecule has 1 unspecified atom stereocenters. The maximum absolute atomic E-state index is 11.3. The Kier molecular flexibility index (Phi) is 4.47. The molecule has 1 heterocycles. The molecule has 104 valence electrons. The van der Waals surface area contributed by atoms with Crippen LogP contribution in [0.15, 0.2) is 5.10 Å². The third-order valence-corrected chi connectivity index (χ3v) is 2.77. The summed E-state index contributed by atoms with van der Waals surface area (Å²) in [5.41, 5.74) is 3.00. The van der Waals surface area contributed by atoms with Gasteiger partial charge < -0.3 is 15.5 Å². The molecule has 1 atom stereocenters. The molecule has 1 aliphatic rings. The van der Waals surface area contributed by atoms with Gasteiger partial charge in [-0.15, -0.1) is 0 Å². The van der Waals surface area contributed by atoms with Crippen LogP contribution in [-0.2, 0) is 4.79 Å². The first-order chi connectivity index (χ1) is 8.15. The number of carbonyl (C=O) groups is 1. The van der Waals surface area contributed by atoms with Crippen molar-refractivity contribution in [2.75, 3.05) is 6.61 Å². The zero-order valence-corrected chi connectivity index (χ0v) is 11.4. The van der Waals surface area contributed by atoms with Gasteiger partial charge in [-0.2, -0.15) is 5.10 Å². The summed E-state index contributed by atoms with van der Waals surface area (Å²) < 4.78 is 0. The van der Waals surface area contributed by atoms with Crippen LogP contribution >= 0.6 is 0 Å². The number of piperidine rings is 1. The summed E-state index contributed by atoms with van der Waals surface area (Å²) in [5, 5.41) is 25.3. The minimum Gasteiger partial charge on any atom is -0.393 e. The van der Waals surface area contributed by atoms with Crippen molar-refractivity contribution in [1.82, 2.24) is 10.7 Å². The number of nitrogens with zero attached hydrogens (tertiary/aromatic N) is 1. The number of rotatable bonds is 3. The molecule has 0 aliphatic carbocycles. The van der Waals surface area contributed by atoms with Crippen LogP contribution in [0.4, 0.5) is 0 Å². The van der Waals surface area contributed by atoms with Gasteiger partial charge in [0.25, 0.3) is 5.91 Å². The van der Waals surface area contributed by atoms with Crippen LogP contribution < -0.4 is 10.7 Å². The lowest BCUT2D eigenvalue weighted by Gasteiger charge is -2.43. The standard InChI is InChI=1S/C12H23N3O3/c1-11(2)5-8(6-12(3,4)15-11)13-14-10(18)9(17)7-16/h9,15-17H,5-7H2,1-4H3,(H,14,18). The SMILES string of the molecule is CC1(C)CC(=NNC(=O)C(O)CO)CC(C)(C)N1. The Hall–Kier alpha value is -0.980. The normalized spacial score (nSPS) is 23.3. The monoisotopic (exact) mass is 257 g/mol. The number of carbonyl (C=O) groups excluding carboxylic acids is 1. The molecule has 1 aliphatic heterocycles. The molecule has 0 radical (unpaired) electrons. The lowest BCUT2D eigenvalue weighted by Crippen LogP contribution is -2.58. The molecule has 0 bridgehead atoms. The number of nitrogens with one attached hydrogen (secondary N) is 2. The lowest BCUT2D eigenvalue weighted by atomic mass is 9.81. The Bertz CT molecular complexity index is 332. The quantitative estimate of drug-likeness (QED) is 0.525. The molecule has 6 nitrogen and oxygen atoms in total. The third-order valence-electron chi connectivity index (χ3n) is 2.77. The van der Waals surface area contributed by atoms with Gasteiger partial charge in [-0.05, 0) is 27.7 Å². The molecule has 0 aromatic heterocycles. The molecular weight excluding hydrogens is 234 g/mol.